The second kappa shape index (κ2) is 2.87. The Kier molecular flexibility index (Phi) is 2.01. The predicted octanol–water partition coefficient (Wildman–Crippen LogP) is 1.97. The van der Waals surface area contributed by atoms with Crippen molar-refractivity contribution in [3.63, 3.8) is 0 Å². The van der Waals surface area contributed by atoms with Gasteiger partial charge in [-0.25, -0.2) is 13.8 Å². The highest BCUT2D eigenvalue weighted by Gasteiger charge is 2.71. The lowest BCUT2D eigenvalue weighted by atomic mass is 9.97. The number of aromatic nitrogens is 1. The topological polar surface area (TPSA) is 38.9 Å². The van der Waals surface area contributed by atoms with Crippen molar-refractivity contribution in [2.45, 2.75) is 17.8 Å². The standard InChI is InChI=1S/C9H9ClF2N2/c10-7-2-1-6(3-14-7)8(5-13)4-9(8,11)12/h1-3H,4-5,13H2. The van der Waals surface area contributed by atoms with Gasteiger partial charge in [0.25, 0.3) is 5.92 Å². The molecule has 1 fully saturated rings. The Morgan fingerprint density at radius 1 is 1.50 bits per heavy atom. The fourth-order valence-electron chi connectivity index (χ4n) is 1.65. The van der Waals surface area contributed by atoms with Crippen molar-refractivity contribution < 1.29 is 8.78 Å². The number of nitrogens with zero attached hydrogens (tertiary/aromatic N) is 1. The molecule has 1 atom stereocenters. The van der Waals surface area contributed by atoms with E-state index in [1.165, 1.54) is 12.3 Å². The largest absolute Gasteiger partial charge is 0.329 e. The van der Waals surface area contributed by atoms with E-state index in [4.69, 9.17) is 17.3 Å². The van der Waals surface area contributed by atoms with E-state index in [0.717, 1.165) is 0 Å². The molecule has 1 aromatic heterocycles. The second-order valence-electron chi connectivity index (χ2n) is 3.54. The highest BCUT2D eigenvalue weighted by Crippen LogP contribution is 2.60. The van der Waals surface area contributed by atoms with Crippen molar-refractivity contribution in [1.29, 1.82) is 0 Å². The van der Waals surface area contributed by atoms with E-state index < -0.39 is 11.3 Å². The fraction of sp³-hybridized carbons (Fsp3) is 0.444. The van der Waals surface area contributed by atoms with Crippen LogP contribution in [0.5, 0.6) is 0 Å². The number of hydrogen-bond acceptors (Lipinski definition) is 2. The summed E-state index contributed by atoms with van der Waals surface area (Å²) in [6, 6.07) is 3.06. The molecule has 2 N–H and O–H groups in total. The van der Waals surface area contributed by atoms with Gasteiger partial charge in [-0.1, -0.05) is 17.7 Å². The first-order valence-corrected chi connectivity index (χ1v) is 4.59. The van der Waals surface area contributed by atoms with Crippen LogP contribution in [0.15, 0.2) is 18.3 Å². The van der Waals surface area contributed by atoms with Crippen LogP contribution in [0, 0.1) is 0 Å². The third-order valence-corrected chi connectivity index (χ3v) is 2.95. The van der Waals surface area contributed by atoms with Crippen LogP contribution in [-0.2, 0) is 5.41 Å². The first-order chi connectivity index (χ1) is 6.52. The summed E-state index contributed by atoms with van der Waals surface area (Å²) in [6.07, 6.45) is 1.18. The summed E-state index contributed by atoms with van der Waals surface area (Å²) >= 11 is 5.57. The number of nitrogens with two attached hydrogens (primary N) is 1. The number of alkyl halides is 2. The summed E-state index contributed by atoms with van der Waals surface area (Å²) in [5.41, 5.74) is 4.64. The Bertz CT molecular complexity index is 352. The van der Waals surface area contributed by atoms with E-state index in [2.05, 4.69) is 4.98 Å². The van der Waals surface area contributed by atoms with Crippen molar-refractivity contribution in [2.75, 3.05) is 6.54 Å². The van der Waals surface area contributed by atoms with Gasteiger partial charge >= 0.3 is 0 Å². The van der Waals surface area contributed by atoms with Gasteiger partial charge in [0.2, 0.25) is 0 Å². The smallest absolute Gasteiger partial charge is 0.260 e. The van der Waals surface area contributed by atoms with E-state index in [9.17, 15) is 8.78 Å². The number of hydrogen-bond donors (Lipinski definition) is 1. The normalized spacial score (nSPS) is 28.9. The third kappa shape index (κ3) is 1.21. The summed E-state index contributed by atoms with van der Waals surface area (Å²) in [5.74, 6) is -2.70. The molecule has 2 nitrogen and oxygen atoms in total. The van der Waals surface area contributed by atoms with E-state index in [1.54, 1.807) is 6.07 Å². The van der Waals surface area contributed by atoms with Gasteiger partial charge in [-0.15, -0.1) is 0 Å². The first-order valence-electron chi connectivity index (χ1n) is 4.22. The molecule has 2 rings (SSSR count). The molecule has 0 saturated heterocycles. The van der Waals surface area contributed by atoms with Gasteiger partial charge in [0.15, 0.2) is 0 Å². The Labute approximate surface area is 85.1 Å². The van der Waals surface area contributed by atoms with E-state index in [-0.39, 0.29) is 13.0 Å². The highest BCUT2D eigenvalue weighted by atomic mass is 35.5. The van der Waals surface area contributed by atoms with Crippen LogP contribution in [0.2, 0.25) is 5.15 Å². The Balaban J connectivity index is 2.36. The van der Waals surface area contributed by atoms with Crippen LogP contribution in [0.1, 0.15) is 12.0 Å². The maximum absolute atomic E-state index is 13.1. The Morgan fingerprint density at radius 3 is 2.50 bits per heavy atom. The monoisotopic (exact) mass is 218 g/mol. The van der Waals surface area contributed by atoms with Gasteiger partial charge < -0.3 is 5.73 Å². The van der Waals surface area contributed by atoms with Crippen molar-refractivity contribution in [2.24, 2.45) is 5.73 Å². The Hall–Kier alpha value is -0.740. The zero-order valence-electron chi connectivity index (χ0n) is 7.30. The van der Waals surface area contributed by atoms with E-state index >= 15 is 0 Å². The van der Waals surface area contributed by atoms with Gasteiger partial charge in [0, 0.05) is 19.2 Å². The lowest BCUT2D eigenvalue weighted by Crippen LogP contribution is -2.26. The van der Waals surface area contributed by atoms with Crippen molar-refractivity contribution in [1.82, 2.24) is 4.98 Å². The van der Waals surface area contributed by atoms with Gasteiger partial charge in [-0.2, -0.15) is 0 Å². The lowest BCUT2D eigenvalue weighted by molar-refractivity contribution is 0.0895. The minimum absolute atomic E-state index is 0.0662. The molecule has 1 aliphatic rings. The molecular weight excluding hydrogens is 210 g/mol. The van der Waals surface area contributed by atoms with Crippen LogP contribution in [0.25, 0.3) is 0 Å². The summed E-state index contributed by atoms with van der Waals surface area (Å²) < 4.78 is 26.2. The first kappa shape index (κ1) is 9.80. The number of pyridine rings is 1. The second-order valence-corrected chi connectivity index (χ2v) is 3.92. The maximum Gasteiger partial charge on any atom is 0.260 e. The average molecular weight is 219 g/mol. The number of halogens is 3. The molecule has 0 aliphatic heterocycles. The fourth-order valence-corrected chi connectivity index (χ4v) is 1.76. The highest BCUT2D eigenvalue weighted by molar-refractivity contribution is 6.29. The minimum atomic E-state index is -2.70. The van der Waals surface area contributed by atoms with Crippen LogP contribution in [0.3, 0.4) is 0 Å². The predicted molar refractivity (Wildman–Crippen MR) is 49.5 cm³/mol. The van der Waals surface area contributed by atoms with E-state index in [1.807, 2.05) is 0 Å². The van der Waals surface area contributed by atoms with Gasteiger partial charge in [-0.3, -0.25) is 0 Å². The van der Waals surface area contributed by atoms with Gasteiger partial charge in [-0.05, 0) is 11.6 Å². The molecule has 5 heteroatoms. The quantitative estimate of drug-likeness (QED) is 0.771. The summed E-state index contributed by atoms with van der Waals surface area (Å²) in [5, 5.41) is 0.296. The van der Waals surface area contributed by atoms with E-state index in [0.29, 0.717) is 10.7 Å². The van der Waals surface area contributed by atoms with Crippen LogP contribution >= 0.6 is 11.6 Å². The van der Waals surface area contributed by atoms with Crippen molar-refractivity contribution in [3.05, 3.63) is 29.0 Å². The van der Waals surface area contributed by atoms with Gasteiger partial charge in [0.1, 0.15) is 5.15 Å². The van der Waals surface area contributed by atoms with Crippen molar-refractivity contribution >= 4 is 11.6 Å². The lowest BCUT2D eigenvalue weighted by Gasteiger charge is -2.13. The number of rotatable bonds is 2. The third-order valence-electron chi connectivity index (χ3n) is 2.73. The molecule has 1 saturated carbocycles. The molecular formula is C9H9ClF2N2. The van der Waals surface area contributed by atoms with Gasteiger partial charge in [0.05, 0.1) is 5.41 Å². The summed E-state index contributed by atoms with van der Waals surface area (Å²) in [6.45, 7) is -0.0662. The molecule has 76 valence electrons. The summed E-state index contributed by atoms with van der Waals surface area (Å²) in [4.78, 5) is 3.78. The van der Waals surface area contributed by atoms with Crippen LogP contribution < -0.4 is 5.73 Å². The average Bonchev–Trinajstić information content (AvgIpc) is 2.71. The molecule has 14 heavy (non-hydrogen) atoms. The molecule has 1 unspecified atom stereocenters. The van der Waals surface area contributed by atoms with Crippen LogP contribution in [0.4, 0.5) is 8.78 Å². The molecule has 0 radical (unpaired) electrons. The molecule has 1 aromatic rings. The molecule has 0 amide bonds. The zero-order valence-corrected chi connectivity index (χ0v) is 8.06. The molecule has 1 aliphatic carbocycles. The minimum Gasteiger partial charge on any atom is -0.329 e. The van der Waals surface area contributed by atoms with Crippen molar-refractivity contribution in [3.8, 4) is 0 Å². The molecule has 0 spiro atoms. The Morgan fingerprint density at radius 2 is 2.14 bits per heavy atom. The molecule has 0 bridgehead atoms. The SMILES string of the molecule is NCC1(c2ccc(Cl)nc2)CC1(F)F. The molecule has 0 aromatic carbocycles. The molecule has 1 heterocycles. The summed E-state index contributed by atoms with van der Waals surface area (Å²) in [7, 11) is 0. The zero-order chi connectivity index (χ0) is 10.4. The van der Waals surface area contributed by atoms with Crippen LogP contribution in [-0.4, -0.2) is 17.5 Å². The maximum atomic E-state index is 13.1.